The van der Waals surface area contributed by atoms with E-state index >= 15 is 0 Å². The summed E-state index contributed by atoms with van der Waals surface area (Å²) in [7, 11) is 0. The first-order valence-corrected chi connectivity index (χ1v) is 6.26. The third-order valence-corrected chi connectivity index (χ3v) is 3.09. The van der Waals surface area contributed by atoms with E-state index in [0.717, 1.165) is 0 Å². The third-order valence-electron chi connectivity index (χ3n) is 3.09. The summed E-state index contributed by atoms with van der Waals surface area (Å²) in [4.78, 5) is 10.9. The molecule has 1 aromatic carbocycles. The first kappa shape index (κ1) is 14.1. The molecule has 0 saturated heterocycles. The van der Waals surface area contributed by atoms with Crippen molar-refractivity contribution < 1.29 is 10.0 Å². The van der Waals surface area contributed by atoms with E-state index in [1.807, 2.05) is 13.8 Å². The molecule has 2 rings (SSSR count). The topological polar surface area (TPSA) is 94.1 Å². The molecule has 20 heavy (non-hydrogen) atoms. The van der Waals surface area contributed by atoms with Crippen molar-refractivity contribution in [1.29, 1.82) is 0 Å². The van der Waals surface area contributed by atoms with Gasteiger partial charge >= 0.3 is 0 Å². The second-order valence-electron chi connectivity index (χ2n) is 4.79. The minimum atomic E-state index is -0.414. The highest BCUT2D eigenvalue weighted by atomic mass is 16.6. The first-order valence-electron chi connectivity index (χ1n) is 6.26. The summed E-state index contributed by atoms with van der Waals surface area (Å²) in [5, 5.41) is 28.5. The summed E-state index contributed by atoms with van der Waals surface area (Å²) in [6.45, 7) is 5.25. The van der Waals surface area contributed by atoms with E-state index in [4.69, 9.17) is 0 Å². The van der Waals surface area contributed by atoms with Gasteiger partial charge in [-0.3, -0.25) is 10.1 Å². The van der Waals surface area contributed by atoms with Gasteiger partial charge in [0.05, 0.1) is 10.5 Å². The zero-order valence-corrected chi connectivity index (χ0v) is 11.6. The SMILES string of the molecule is Cc1cccc(-c2nnc(CO)n2C(C)C)c1[N+](=O)[O-]. The number of hydrogen-bond acceptors (Lipinski definition) is 5. The van der Waals surface area contributed by atoms with Crippen molar-refractivity contribution in [2.45, 2.75) is 33.4 Å². The average Bonchev–Trinajstić information content (AvgIpc) is 2.81. The van der Waals surface area contributed by atoms with Crippen LogP contribution >= 0.6 is 0 Å². The molecular formula is C13H16N4O3. The molecule has 0 saturated carbocycles. The molecule has 0 aliphatic carbocycles. The number of benzene rings is 1. The normalized spacial score (nSPS) is 11.1. The lowest BCUT2D eigenvalue weighted by atomic mass is 10.1. The van der Waals surface area contributed by atoms with Crippen LogP contribution in [0.15, 0.2) is 18.2 Å². The van der Waals surface area contributed by atoms with Crippen LogP contribution < -0.4 is 0 Å². The fraction of sp³-hybridized carbons (Fsp3) is 0.385. The van der Waals surface area contributed by atoms with Crippen LogP contribution in [0.2, 0.25) is 0 Å². The Bertz CT molecular complexity index is 649. The van der Waals surface area contributed by atoms with Crippen LogP contribution in [0, 0.1) is 17.0 Å². The Morgan fingerprint density at radius 2 is 2.10 bits per heavy atom. The van der Waals surface area contributed by atoms with Gasteiger partial charge in [-0.15, -0.1) is 10.2 Å². The van der Waals surface area contributed by atoms with Gasteiger partial charge < -0.3 is 9.67 Å². The maximum atomic E-state index is 11.3. The summed E-state index contributed by atoms with van der Waals surface area (Å²) in [5.74, 6) is 0.797. The second kappa shape index (κ2) is 5.38. The van der Waals surface area contributed by atoms with Gasteiger partial charge in [0.1, 0.15) is 6.61 Å². The molecule has 0 fully saturated rings. The first-order chi connectivity index (χ1) is 9.47. The van der Waals surface area contributed by atoms with E-state index in [2.05, 4.69) is 10.2 Å². The minimum Gasteiger partial charge on any atom is -0.388 e. The number of aliphatic hydroxyl groups is 1. The minimum absolute atomic E-state index is 0.0118. The molecule has 106 valence electrons. The molecule has 1 heterocycles. The zero-order valence-electron chi connectivity index (χ0n) is 11.6. The molecule has 0 amide bonds. The molecule has 0 radical (unpaired) electrons. The Kier molecular flexibility index (Phi) is 3.80. The molecule has 7 nitrogen and oxygen atoms in total. The van der Waals surface area contributed by atoms with E-state index in [1.54, 1.807) is 29.7 Å². The molecule has 0 atom stereocenters. The predicted molar refractivity (Wildman–Crippen MR) is 73.2 cm³/mol. The quantitative estimate of drug-likeness (QED) is 0.682. The average molecular weight is 276 g/mol. The Labute approximate surface area is 116 Å². The molecule has 7 heteroatoms. The highest BCUT2D eigenvalue weighted by molar-refractivity contribution is 5.70. The van der Waals surface area contributed by atoms with E-state index in [-0.39, 0.29) is 18.3 Å². The molecule has 0 bridgehead atoms. The monoisotopic (exact) mass is 276 g/mol. The van der Waals surface area contributed by atoms with Crippen molar-refractivity contribution in [3.63, 3.8) is 0 Å². The second-order valence-corrected chi connectivity index (χ2v) is 4.79. The van der Waals surface area contributed by atoms with Crippen molar-refractivity contribution in [1.82, 2.24) is 14.8 Å². The van der Waals surface area contributed by atoms with Crippen LogP contribution in [0.25, 0.3) is 11.4 Å². The van der Waals surface area contributed by atoms with Crippen LogP contribution in [0.5, 0.6) is 0 Å². The largest absolute Gasteiger partial charge is 0.388 e. The zero-order chi connectivity index (χ0) is 14.9. The highest BCUT2D eigenvalue weighted by Crippen LogP contribution is 2.33. The molecule has 2 aromatic rings. The van der Waals surface area contributed by atoms with Gasteiger partial charge in [0.25, 0.3) is 5.69 Å². The number of nitrogens with zero attached hydrogens (tertiary/aromatic N) is 4. The van der Waals surface area contributed by atoms with E-state index in [0.29, 0.717) is 22.8 Å². The fourth-order valence-electron chi connectivity index (χ4n) is 2.24. The lowest BCUT2D eigenvalue weighted by Crippen LogP contribution is -2.09. The Morgan fingerprint density at radius 3 is 2.65 bits per heavy atom. The van der Waals surface area contributed by atoms with Crippen molar-refractivity contribution in [2.75, 3.05) is 0 Å². The van der Waals surface area contributed by atoms with E-state index < -0.39 is 4.92 Å². The van der Waals surface area contributed by atoms with Crippen molar-refractivity contribution in [3.05, 3.63) is 39.7 Å². The maximum absolute atomic E-state index is 11.3. The number of aromatic nitrogens is 3. The summed E-state index contributed by atoms with van der Waals surface area (Å²) in [6, 6.07) is 5.07. The number of para-hydroxylation sites is 1. The lowest BCUT2D eigenvalue weighted by Gasteiger charge is -2.13. The molecular weight excluding hydrogens is 260 g/mol. The van der Waals surface area contributed by atoms with Crippen molar-refractivity contribution >= 4 is 5.69 Å². The van der Waals surface area contributed by atoms with Crippen LogP contribution in [-0.2, 0) is 6.61 Å². The van der Waals surface area contributed by atoms with Crippen LogP contribution in [0.1, 0.15) is 31.3 Å². The van der Waals surface area contributed by atoms with Gasteiger partial charge in [-0.2, -0.15) is 0 Å². The van der Waals surface area contributed by atoms with Gasteiger partial charge in [-0.1, -0.05) is 12.1 Å². The van der Waals surface area contributed by atoms with E-state index in [9.17, 15) is 15.2 Å². The van der Waals surface area contributed by atoms with Gasteiger partial charge in [0.15, 0.2) is 11.6 Å². The summed E-state index contributed by atoms with van der Waals surface area (Å²) in [5.41, 5.74) is 0.999. The molecule has 0 unspecified atom stereocenters. The molecule has 0 spiro atoms. The van der Waals surface area contributed by atoms with Crippen LogP contribution in [-0.4, -0.2) is 24.8 Å². The van der Waals surface area contributed by atoms with Gasteiger partial charge in [-0.25, -0.2) is 0 Å². The summed E-state index contributed by atoms with van der Waals surface area (Å²) < 4.78 is 1.71. The number of aliphatic hydroxyl groups excluding tert-OH is 1. The van der Waals surface area contributed by atoms with Crippen LogP contribution in [0.3, 0.4) is 0 Å². The number of nitro benzene ring substituents is 1. The standard InChI is InChI=1S/C13H16N4O3/c1-8(2)16-11(7-18)14-15-13(16)10-6-4-5-9(3)12(10)17(19)20/h4-6,8,18H,7H2,1-3H3. The fourth-order valence-corrected chi connectivity index (χ4v) is 2.24. The number of aryl methyl sites for hydroxylation is 1. The molecule has 0 aliphatic heterocycles. The highest BCUT2D eigenvalue weighted by Gasteiger charge is 2.24. The van der Waals surface area contributed by atoms with Crippen molar-refractivity contribution in [2.24, 2.45) is 0 Å². The summed E-state index contributed by atoms with van der Waals surface area (Å²) in [6.07, 6.45) is 0. The van der Waals surface area contributed by atoms with Crippen molar-refractivity contribution in [3.8, 4) is 11.4 Å². The smallest absolute Gasteiger partial charge is 0.283 e. The third kappa shape index (κ3) is 2.27. The number of hydrogen-bond donors (Lipinski definition) is 1. The van der Waals surface area contributed by atoms with Gasteiger partial charge in [0, 0.05) is 11.6 Å². The molecule has 0 aliphatic rings. The molecule has 1 aromatic heterocycles. The molecule has 1 N–H and O–H groups in total. The summed E-state index contributed by atoms with van der Waals surface area (Å²) >= 11 is 0. The Hall–Kier alpha value is -2.28. The Morgan fingerprint density at radius 1 is 1.40 bits per heavy atom. The van der Waals surface area contributed by atoms with E-state index in [1.165, 1.54) is 0 Å². The van der Waals surface area contributed by atoms with Gasteiger partial charge in [-0.05, 0) is 26.8 Å². The Balaban J connectivity index is 2.72. The van der Waals surface area contributed by atoms with Gasteiger partial charge in [0.2, 0.25) is 0 Å². The number of rotatable bonds is 4. The number of nitro groups is 1. The predicted octanol–water partition coefficient (Wildman–Crippen LogP) is 2.23. The lowest BCUT2D eigenvalue weighted by molar-refractivity contribution is -0.384. The van der Waals surface area contributed by atoms with Crippen LogP contribution in [0.4, 0.5) is 5.69 Å². The maximum Gasteiger partial charge on any atom is 0.283 e.